The summed E-state index contributed by atoms with van der Waals surface area (Å²) >= 11 is 0. The molecule has 1 unspecified atom stereocenters. The molecular weight excluding hydrogens is 434 g/mol. The number of guanidine groups is 1. The molecule has 0 radical (unpaired) electrons. The zero-order valence-electron chi connectivity index (χ0n) is 15.5. The van der Waals surface area contributed by atoms with E-state index in [9.17, 15) is 4.39 Å². The maximum Gasteiger partial charge on any atom is 0.191 e. The summed E-state index contributed by atoms with van der Waals surface area (Å²) in [4.78, 5) is 6.25. The van der Waals surface area contributed by atoms with Gasteiger partial charge in [-0.1, -0.05) is 19.9 Å². The molecule has 2 N–H and O–H groups in total. The largest absolute Gasteiger partial charge is 0.378 e. The average Bonchev–Trinajstić information content (AvgIpc) is 2.59. The zero-order chi connectivity index (χ0) is 17.5. The Morgan fingerprint density at radius 1 is 1.28 bits per heavy atom. The smallest absolute Gasteiger partial charge is 0.191 e. The van der Waals surface area contributed by atoms with Crippen LogP contribution in [-0.4, -0.2) is 45.4 Å². The van der Waals surface area contributed by atoms with Crippen molar-refractivity contribution < 1.29 is 9.13 Å². The molecule has 1 atom stereocenters. The van der Waals surface area contributed by atoms with E-state index in [0.29, 0.717) is 37.4 Å². The van der Waals surface area contributed by atoms with Crippen LogP contribution in [0.1, 0.15) is 26.3 Å². The van der Waals surface area contributed by atoms with Crippen molar-refractivity contribution in [2.75, 3.05) is 38.3 Å². The molecule has 5 nitrogen and oxygen atoms in total. The summed E-state index contributed by atoms with van der Waals surface area (Å²) in [7, 11) is 1.74. The average molecular weight is 464 g/mol. The molecule has 0 aliphatic carbocycles. The number of morpholine rings is 1. The highest BCUT2D eigenvalue weighted by Gasteiger charge is 2.15. The maximum absolute atomic E-state index is 14.4. The second-order valence-electron chi connectivity index (χ2n) is 6.49. The Kier molecular flexibility index (Phi) is 9.48. The molecule has 1 heterocycles. The number of aliphatic imine (C=N–C) groups is 1. The third kappa shape index (κ3) is 6.62. The van der Waals surface area contributed by atoms with Crippen molar-refractivity contribution in [3.63, 3.8) is 0 Å². The first-order valence-electron chi connectivity index (χ1n) is 8.59. The minimum Gasteiger partial charge on any atom is -0.378 e. The highest BCUT2D eigenvalue weighted by molar-refractivity contribution is 14.0. The van der Waals surface area contributed by atoms with Crippen molar-refractivity contribution in [3.8, 4) is 0 Å². The van der Waals surface area contributed by atoms with Crippen LogP contribution in [0.2, 0.25) is 0 Å². The van der Waals surface area contributed by atoms with Gasteiger partial charge >= 0.3 is 0 Å². The first-order valence-corrected chi connectivity index (χ1v) is 8.59. The van der Waals surface area contributed by atoms with Crippen LogP contribution in [0, 0.1) is 11.7 Å². The van der Waals surface area contributed by atoms with Gasteiger partial charge in [-0.25, -0.2) is 4.39 Å². The molecule has 1 saturated heterocycles. The Labute approximate surface area is 167 Å². The standard InChI is InChI=1S/C18H29FN4O.HI/c1-13(2)14(3)22-18(20-4)21-12-15-5-6-17(16(19)11-15)23-7-9-24-10-8-23;/h5-6,11,13-14H,7-10,12H2,1-4H3,(H2,20,21,22);1H. The fourth-order valence-electron chi connectivity index (χ4n) is 2.48. The quantitative estimate of drug-likeness (QED) is 0.400. The fourth-order valence-corrected chi connectivity index (χ4v) is 2.48. The molecule has 0 bridgehead atoms. The lowest BCUT2D eigenvalue weighted by atomic mass is 10.1. The lowest BCUT2D eigenvalue weighted by molar-refractivity contribution is 0.122. The van der Waals surface area contributed by atoms with Crippen LogP contribution in [0.25, 0.3) is 0 Å². The van der Waals surface area contributed by atoms with Crippen LogP contribution < -0.4 is 15.5 Å². The molecule has 142 valence electrons. The summed E-state index contributed by atoms with van der Waals surface area (Å²) in [6.07, 6.45) is 0. The summed E-state index contributed by atoms with van der Waals surface area (Å²) in [5.74, 6) is 1.05. The lowest BCUT2D eigenvalue weighted by Crippen LogP contribution is -2.43. The first kappa shape index (κ1) is 22.0. The van der Waals surface area contributed by atoms with Crippen LogP contribution in [0.3, 0.4) is 0 Å². The fraction of sp³-hybridized carbons (Fsp3) is 0.611. The Bertz CT molecular complexity index is 562. The van der Waals surface area contributed by atoms with E-state index in [1.807, 2.05) is 17.0 Å². The number of benzene rings is 1. The van der Waals surface area contributed by atoms with Gasteiger partial charge in [0.2, 0.25) is 0 Å². The van der Waals surface area contributed by atoms with E-state index >= 15 is 0 Å². The second-order valence-corrected chi connectivity index (χ2v) is 6.49. The van der Waals surface area contributed by atoms with E-state index < -0.39 is 0 Å². The number of rotatable bonds is 5. The van der Waals surface area contributed by atoms with E-state index in [-0.39, 0.29) is 29.8 Å². The van der Waals surface area contributed by atoms with Crippen molar-refractivity contribution in [3.05, 3.63) is 29.6 Å². The summed E-state index contributed by atoms with van der Waals surface area (Å²) in [5, 5.41) is 6.57. The molecule has 1 aromatic carbocycles. The Morgan fingerprint density at radius 2 is 1.96 bits per heavy atom. The van der Waals surface area contributed by atoms with E-state index in [0.717, 1.165) is 24.6 Å². The van der Waals surface area contributed by atoms with E-state index in [2.05, 4.69) is 36.4 Å². The van der Waals surface area contributed by atoms with Gasteiger partial charge in [-0.3, -0.25) is 4.99 Å². The number of hydrogen-bond acceptors (Lipinski definition) is 3. The van der Waals surface area contributed by atoms with Crippen LogP contribution in [-0.2, 0) is 11.3 Å². The molecule has 1 aromatic rings. The SMILES string of the molecule is CN=C(NCc1ccc(N2CCOCC2)c(F)c1)NC(C)C(C)C.I. The van der Waals surface area contributed by atoms with Crippen molar-refractivity contribution in [2.45, 2.75) is 33.4 Å². The summed E-state index contributed by atoms with van der Waals surface area (Å²) in [6.45, 7) is 9.74. The zero-order valence-corrected chi connectivity index (χ0v) is 17.8. The number of nitrogens with one attached hydrogen (secondary N) is 2. The Hall–Kier alpha value is -1.09. The van der Waals surface area contributed by atoms with E-state index in [1.54, 1.807) is 13.1 Å². The maximum atomic E-state index is 14.4. The molecule has 7 heteroatoms. The number of ether oxygens (including phenoxy) is 1. The molecule has 1 fully saturated rings. The molecule has 25 heavy (non-hydrogen) atoms. The Morgan fingerprint density at radius 3 is 2.52 bits per heavy atom. The van der Waals surface area contributed by atoms with Crippen molar-refractivity contribution in [1.82, 2.24) is 10.6 Å². The summed E-state index contributed by atoms with van der Waals surface area (Å²) in [5.41, 5.74) is 1.54. The number of halogens is 2. The van der Waals surface area contributed by atoms with Crippen molar-refractivity contribution in [1.29, 1.82) is 0 Å². The number of nitrogens with zero attached hydrogens (tertiary/aromatic N) is 2. The first-order chi connectivity index (χ1) is 11.5. The summed E-state index contributed by atoms with van der Waals surface area (Å²) in [6, 6.07) is 5.72. The molecule has 0 amide bonds. The van der Waals surface area contributed by atoms with Gasteiger partial charge < -0.3 is 20.3 Å². The molecule has 2 rings (SSSR count). The number of hydrogen-bond donors (Lipinski definition) is 2. The van der Waals surface area contributed by atoms with Gasteiger partial charge in [0, 0.05) is 32.7 Å². The highest BCUT2D eigenvalue weighted by atomic mass is 127. The van der Waals surface area contributed by atoms with E-state index in [4.69, 9.17) is 4.74 Å². The van der Waals surface area contributed by atoms with Crippen LogP contribution >= 0.6 is 24.0 Å². The van der Waals surface area contributed by atoms with Gasteiger partial charge in [0.15, 0.2) is 5.96 Å². The predicted octanol–water partition coefficient (Wildman–Crippen LogP) is 2.99. The van der Waals surface area contributed by atoms with Gasteiger partial charge in [-0.2, -0.15) is 0 Å². The van der Waals surface area contributed by atoms with Gasteiger partial charge in [0.25, 0.3) is 0 Å². The van der Waals surface area contributed by atoms with Crippen molar-refractivity contribution >= 4 is 35.6 Å². The molecule has 0 saturated carbocycles. The second kappa shape index (κ2) is 10.8. The monoisotopic (exact) mass is 464 g/mol. The molecule has 1 aliphatic rings. The minimum absolute atomic E-state index is 0. The number of anilines is 1. The lowest BCUT2D eigenvalue weighted by Gasteiger charge is -2.29. The van der Waals surface area contributed by atoms with E-state index in [1.165, 1.54) is 0 Å². The Balaban J connectivity index is 0.00000312. The predicted molar refractivity (Wildman–Crippen MR) is 112 cm³/mol. The molecule has 1 aliphatic heterocycles. The van der Waals surface area contributed by atoms with Crippen LogP contribution in [0.4, 0.5) is 10.1 Å². The van der Waals surface area contributed by atoms with Gasteiger partial charge in [0.1, 0.15) is 5.82 Å². The third-order valence-electron chi connectivity index (χ3n) is 4.41. The molecule has 0 spiro atoms. The summed E-state index contributed by atoms with van der Waals surface area (Å²) < 4.78 is 19.7. The molecule has 0 aromatic heterocycles. The van der Waals surface area contributed by atoms with Crippen LogP contribution in [0.5, 0.6) is 0 Å². The highest BCUT2D eigenvalue weighted by Crippen LogP contribution is 2.21. The van der Waals surface area contributed by atoms with Gasteiger partial charge in [-0.15, -0.1) is 24.0 Å². The molecular formula is C18H30FIN4O. The third-order valence-corrected chi connectivity index (χ3v) is 4.41. The van der Waals surface area contributed by atoms with Gasteiger partial charge in [0.05, 0.1) is 18.9 Å². The van der Waals surface area contributed by atoms with Gasteiger partial charge in [-0.05, 0) is 30.5 Å². The van der Waals surface area contributed by atoms with Crippen LogP contribution in [0.15, 0.2) is 23.2 Å². The van der Waals surface area contributed by atoms with Crippen molar-refractivity contribution in [2.24, 2.45) is 10.9 Å². The normalized spacial score (nSPS) is 16.4. The topological polar surface area (TPSA) is 48.9 Å². The minimum atomic E-state index is -0.185.